The molecule has 5 rings (SSSR count). The van der Waals surface area contributed by atoms with Crippen LogP contribution in [0.25, 0.3) is 5.57 Å². The Bertz CT molecular complexity index is 1390. The molecule has 0 aromatic heterocycles. The SMILES string of the molecule is Cc1cccc(/C(C(=O)c2ccccc2)=C(/C2(O)CC2)P(=O)(c2ccccc2)c2ccccc2)c1. The van der Waals surface area contributed by atoms with Crippen molar-refractivity contribution >= 4 is 29.1 Å². The third-order valence-corrected chi connectivity index (χ3v) is 9.85. The number of ketones is 1. The second kappa shape index (κ2) is 9.26. The molecule has 35 heavy (non-hydrogen) atoms. The molecular weight excluding hydrogens is 451 g/mol. The average Bonchev–Trinajstić information content (AvgIpc) is 3.65. The van der Waals surface area contributed by atoms with E-state index in [-0.39, 0.29) is 5.78 Å². The standard InChI is InChI=1S/C31H27O3P/c1-23-12-11-15-25(22-23)28(29(32)24-13-5-2-6-14-24)30(31(33)20-21-31)35(34,26-16-7-3-8-17-26)27-18-9-4-10-19-27/h2-19,22,33H,20-21H2,1H3/b30-28+. The second-order valence-electron chi connectivity index (χ2n) is 9.10. The van der Waals surface area contributed by atoms with E-state index in [1.807, 2.05) is 110 Å². The van der Waals surface area contributed by atoms with E-state index in [1.165, 1.54) is 0 Å². The van der Waals surface area contributed by atoms with Gasteiger partial charge in [0.25, 0.3) is 0 Å². The Labute approximate surface area is 206 Å². The average molecular weight is 479 g/mol. The molecule has 4 aromatic rings. The molecule has 1 aliphatic carbocycles. The predicted octanol–water partition coefficient (Wildman–Crippen LogP) is 6.13. The topological polar surface area (TPSA) is 54.4 Å². The van der Waals surface area contributed by atoms with Gasteiger partial charge in [-0.15, -0.1) is 0 Å². The van der Waals surface area contributed by atoms with E-state index < -0.39 is 12.7 Å². The molecular formula is C31H27O3P. The van der Waals surface area contributed by atoms with Crippen LogP contribution in [0.4, 0.5) is 0 Å². The first-order chi connectivity index (χ1) is 16.9. The maximum atomic E-state index is 15.5. The first-order valence-corrected chi connectivity index (χ1v) is 13.5. The van der Waals surface area contributed by atoms with Gasteiger partial charge in [-0.1, -0.05) is 121 Å². The highest BCUT2D eigenvalue weighted by Crippen LogP contribution is 2.64. The highest BCUT2D eigenvalue weighted by Gasteiger charge is 2.54. The van der Waals surface area contributed by atoms with Crippen molar-refractivity contribution in [2.24, 2.45) is 0 Å². The molecule has 0 aliphatic heterocycles. The minimum absolute atomic E-state index is 0.237. The van der Waals surface area contributed by atoms with Crippen molar-refractivity contribution in [2.45, 2.75) is 25.4 Å². The Hall–Kier alpha value is -3.52. The van der Waals surface area contributed by atoms with Crippen molar-refractivity contribution in [3.05, 3.63) is 137 Å². The van der Waals surface area contributed by atoms with Crippen molar-refractivity contribution in [3.8, 4) is 0 Å². The molecule has 1 aliphatic rings. The molecule has 0 heterocycles. The van der Waals surface area contributed by atoms with E-state index in [4.69, 9.17) is 0 Å². The van der Waals surface area contributed by atoms with Gasteiger partial charge in [-0.05, 0) is 25.3 Å². The Morgan fingerprint density at radius 2 is 1.20 bits per heavy atom. The van der Waals surface area contributed by atoms with Gasteiger partial charge in [-0.3, -0.25) is 4.79 Å². The highest BCUT2D eigenvalue weighted by molar-refractivity contribution is 7.82. The smallest absolute Gasteiger partial charge is 0.194 e. The van der Waals surface area contributed by atoms with Crippen LogP contribution in [0, 0.1) is 6.92 Å². The molecule has 3 nitrogen and oxygen atoms in total. The molecule has 1 saturated carbocycles. The molecule has 0 atom stereocenters. The molecule has 0 bridgehead atoms. The van der Waals surface area contributed by atoms with E-state index in [0.29, 0.717) is 45.5 Å². The molecule has 4 heteroatoms. The van der Waals surface area contributed by atoms with Crippen molar-refractivity contribution in [1.82, 2.24) is 0 Å². The Kier molecular flexibility index (Phi) is 6.15. The minimum Gasteiger partial charge on any atom is -0.385 e. The number of rotatable bonds is 7. The third kappa shape index (κ3) is 4.34. The lowest BCUT2D eigenvalue weighted by Crippen LogP contribution is -2.27. The Balaban J connectivity index is 1.92. The second-order valence-corrected chi connectivity index (χ2v) is 11.8. The summed E-state index contributed by atoms with van der Waals surface area (Å²) in [5, 5.41) is 13.3. The quantitative estimate of drug-likeness (QED) is 0.198. The van der Waals surface area contributed by atoms with E-state index in [0.717, 1.165) is 5.56 Å². The van der Waals surface area contributed by atoms with Crippen molar-refractivity contribution in [1.29, 1.82) is 0 Å². The van der Waals surface area contributed by atoms with Gasteiger partial charge >= 0.3 is 0 Å². The zero-order chi connectivity index (χ0) is 24.5. The van der Waals surface area contributed by atoms with Crippen LogP contribution in [0.5, 0.6) is 0 Å². The fourth-order valence-corrected chi connectivity index (χ4v) is 7.99. The summed E-state index contributed by atoms with van der Waals surface area (Å²) in [6.45, 7) is 1.97. The number of Topliss-reactive ketones (excluding diaryl/α,β-unsaturated/α-hetero) is 1. The number of benzene rings is 4. The zero-order valence-electron chi connectivity index (χ0n) is 19.6. The fourth-order valence-electron chi connectivity index (χ4n) is 4.63. The molecule has 174 valence electrons. The number of carbonyl (C=O) groups excluding carboxylic acids is 1. The van der Waals surface area contributed by atoms with Gasteiger partial charge in [-0.2, -0.15) is 0 Å². The lowest BCUT2D eigenvalue weighted by atomic mass is 9.93. The van der Waals surface area contributed by atoms with Crippen molar-refractivity contribution in [3.63, 3.8) is 0 Å². The molecule has 0 amide bonds. The molecule has 0 unspecified atom stereocenters. The number of carbonyl (C=O) groups is 1. The number of aryl methyl sites for hydroxylation is 1. The number of allylic oxidation sites excluding steroid dienone is 1. The van der Waals surface area contributed by atoms with Gasteiger partial charge in [0.1, 0.15) is 0 Å². The molecule has 0 radical (unpaired) electrons. The van der Waals surface area contributed by atoms with Gasteiger partial charge in [-0.25, -0.2) is 0 Å². The van der Waals surface area contributed by atoms with E-state index in [9.17, 15) is 9.90 Å². The summed E-state index contributed by atoms with van der Waals surface area (Å²) in [6.07, 6.45) is 0.923. The summed E-state index contributed by atoms with van der Waals surface area (Å²) in [5.41, 5.74) is 1.16. The maximum absolute atomic E-state index is 15.5. The molecule has 0 saturated heterocycles. The summed E-state index contributed by atoms with van der Waals surface area (Å²) in [6, 6.07) is 35.2. The van der Waals surface area contributed by atoms with Crippen molar-refractivity contribution < 1.29 is 14.5 Å². The van der Waals surface area contributed by atoms with E-state index in [1.54, 1.807) is 12.1 Å². The summed E-state index contributed by atoms with van der Waals surface area (Å²) in [4.78, 5) is 14.2. The van der Waals surface area contributed by atoms with Gasteiger partial charge in [0.05, 0.1) is 5.60 Å². The third-order valence-electron chi connectivity index (χ3n) is 6.53. The lowest BCUT2D eigenvalue weighted by Gasteiger charge is -2.29. The van der Waals surface area contributed by atoms with Gasteiger partial charge in [0, 0.05) is 27.1 Å². The number of aliphatic hydroxyl groups is 1. The van der Waals surface area contributed by atoms with Crippen LogP contribution in [0.3, 0.4) is 0 Å². The largest absolute Gasteiger partial charge is 0.385 e. The summed E-state index contributed by atoms with van der Waals surface area (Å²) >= 11 is 0. The normalized spacial score (nSPS) is 15.3. The van der Waals surface area contributed by atoms with E-state index >= 15 is 4.57 Å². The van der Waals surface area contributed by atoms with Gasteiger partial charge in [0.2, 0.25) is 0 Å². The zero-order valence-corrected chi connectivity index (χ0v) is 20.5. The predicted molar refractivity (Wildman–Crippen MR) is 143 cm³/mol. The van der Waals surface area contributed by atoms with Crippen LogP contribution in [0.15, 0.2) is 121 Å². The summed E-state index contributed by atoms with van der Waals surface area (Å²) < 4.78 is 15.5. The monoisotopic (exact) mass is 478 g/mol. The summed E-state index contributed by atoms with van der Waals surface area (Å²) in [7, 11) is -3.60. The first kappa shape index (κ1) is 23.2. The van der Waals surface area contributed by atoms with Crippen molar-refractivity contribution in [2.75, 3.05) is 0 Å². The number of hydrogen-bond acceptors (Lipinski definition) is 3. The molecule has 0 spiro atoms. The molecule has 1 N–H and O–H groups in total. The Morgan fingerprint density at radius 3 is 1.69 bits per heavy atom. The van der Waals surface area contributed by atoms with Crippen LogP contribution in [0.2, 0.25) is 0 Å². The first-order valence-electron chi connectivity index (χ1n) is 11.8. The highest BCUT2D eigenvalue weighted by atomic mass is 31.2. The van der Waals surface area contributed by atoms with Crippen LogP contribution < -0.4 is 10.6 Å². The van der Waals surface area contributed by atoms with Gasteiger partial charge in [0.15, 0.2) is 12.9 Å². The van der Waals surface area contributed by atoms with Gasteiger partial charge < -0.3 is 9.67 Å². The van der Waals surface area contributed by atoms with E-state index in [2.05, 4.69) is 0 Å². The maximum Gasteiger partial charge on any atom is 0.194 e. The Morgan fingerprint density at radius 1 is 0.714 bits per heavy atom. The minimum atomic E-state index is -3.60. The lowest BCUT2D eigenvalue weighted by molar-refractivity contribution is 0.105. The number of hydrogen-bond donors (Lipinski definition) is 1. The van der Waals surface area contributed by atoms with Crippen LogP contribution in [0.1, 0.15) is 34.3 Å². The summed E-state index contributed by atoms with van der Waals surface area (Å²) in [5.74, 6) is -0.237. The fraction of sp³-hybridized carbons (Fsp3) is 0.129. The van der Waals surface area contributed by atoms with Crippen LogP contribution in [-0.4, -0.2) is 16.5 Å². The molecule has 4 aromatic carbocycles. The van der Waals surface area contributed by atoms with Crippen LogP contribution >= 0.6 is 7.14 Å². The van der Waals surface area contributed by atoms with Crippen LogP contribution in [-0.2, 0) is 4.57 Å². The molecule has 1 fully saturated rings.